The van der Waals surface area contributed by atoms with Crippen LogP contribution in [0.3, 0.4) is 0 Å². The van der Waals surface area contributed by atoms with Crippen LogP contribution in [0.5, 0.6) is 11.5 Å². The van der Waals surface area contributed by atoms with E-state index >= 15 is 0 Å². The number of hydrogen-bond donors (Lipinski definition) is 2. The Hall–Kier alpha value is -3.62. The van der Waals surface area contributed by atoms with Crippen LogP contribution in [0.15, 0.2) is 65.8 Å². The zero-order valence-electron chi connectivity index (χ0n) is 19.3. The van der Waals surface area contributed by atoms with E-state index in [4.69, 9.17) is 21.1 Å². The Morgan fingerprint density at radius 3 is 2.64 bits per heavy atom. The van der Waals surface area contributed by atoms with Crippen molar-refractivity contribution in [3.63, 3.8) is 0 Å². The highest BCUT2D eigenvalue weighted by atomic mass is 127. The fraction of sp³-hybridized carbons (Fsp3) is 0.154. The molecule has 8 nitrogen and oxygen atoms in total. The summed E-state index contributed by atoms with van der Waals surface area (Å²) in [7, 11) is 1.53. The average molecular weight is 617 g/mol. The molecule has 0 aliphatic rings. The van der Waals surface area contributed by atoms with Gasteiger partial charge >= 0.3 is 0 Å². The van der Waals surface area contributed by atoms with Gasteiger partial charge in [-0.3, -0.25) is 9.59 Å². The van der Waals surface area contributed by atoms with Crippen LogP contribution in [-0.2, 0) is 16.2 Å². The average Bonchev–Trinajstić information content (AvgIpc) is 2.86. The van der Waals surface area contributed by atoms with Crippen molar-refractivity contribution in [2.24, 2.45) is 5.10 Å². The van der Waals surface area contributed by atoms with E-state index in [0.29, 0.717) is 33.3 Å². The number of halogens is 2. The Labute approximate surface area is 227 Å². The normalized spacial score (nSPS) is 10.5. The van der Waals surface area contributed by atoms with Gasteiger partial charge in [-0.1, -0.05) is 35.9 Å². The number of methoxy groups -OCH3 is 1. The molecule has 0 radical (unpaired) electrons. The summed E-state index contributed by atoms with van der Waals surface area (Å²) in [5, 5.41) is 16.4. The van der Waals surface area contributed by atoms with Crippen LogP contribution in [-0.4, -0.2) is 25.1 Å². The van der Waals surface area contributed by atoms with Crippen molar-refractivity contribution >= 4 is 57.9 Å². The molecular weight excluding hydrogens is 595 g/mol. The van der Waals surface area contributed by atoms with Gasteiger partial charge < -0.3 is 14.8 Å². The number of nitrogens with one attached hydrogen (secondary N) is 2. The van der Waals surface area contributed by atoms with Gasteiger partial charge in [0, 0.05) is 29.1 Å². The first-order valence-electron chi connectivity index (χ1n) is 10.7. The smallest absolute Gasteiger partial charge is 0.240 e. The van der Waals surface area contributed by atoms with Crippen LogP contribution in [0.4, 0.5) is 5.69 Å². The molecule has 3 aromatic carbocycles. The maximum absolute atomic E-state index is 12.1. The molecule has 0 aliphatic heterocycles. The number of nitriles is 1. The molecule has 36 heavy (non-hydrogen) atoms. The molecule has 0 saturated carbocycles. The number of amides is 2. The minimum Gasteiger partial charge on any atom is -0.493 e. The molecule has 0 unspecified atom stereocenters. The Bertz CT molecular complexity index is 1320. The lowest BCUT2D eigenvalue weighted by Crippen LogP contribution is -2.20. The monoisotopic (exact) mass is 616 g/mol. The fourth-order valence-corrected chi connectivity index (χ4v) is 4.08. The lowest BCUT2D eigenvalue weighted by molar-refractivity contribution is -0.124. The number of anilines is 1. The molecule has 0 atom stereocenters. The van der Waals surface area contributed by atoms with Crippen molar-refractivity contribution in [1.82, 2.24) is 5.43 Å². The van der Waals surface area contributed by atoms with E-state index in [1.807, 2.05) is 18.2 Å². The zero-order chi connectivity index (χ0) is 25.9. The molecule has 10 heteroatoms. The number of benzene rings is 3. The first kappa shape index (κ1) is 27.0. The summed E-state index contributed by atoms with van der Waals surface area (Å²) < 4.78 is 12.2. The third-order valence-corrected chi connectivity index (χ3v) is 5.89. The van der Waals surface area contributed by atoms with Gasteiger partial charge in [-0.25, -0.2) is 5.43 Å². The molecule has 2 N–H and O–H groups in total. The minimum atomic E-state index is -0.398. The van der Waals surface area contributed by atoms with Gasteiger partial charge in [0.1, 0.15) is 6.61 Å². The Morgan fingerprint density at radius 2 is 1.89 bits per heavy atom. The zero-order valence-corrected chi connectivity index (χ0v) is 22.2. The molecule has 3 aromatic rings. The highest BCUT2D eigenvalue weighted by Gasteiger charge is 2.13. The molecule has 0 aliphatic carbocycles. The van der Waals surface area contributed by atoms with Crippen molar-refractivity contribution in [3.8, 4) is 17.6 Å². The van der Waals surface area contributed by atoms with Crippen molar-refractivity contribution < 1.29 is 19.1 Å². The lowest BCUT2D eigenvalue weighted by atomic mass is 10.1. The number of hydrazone groups is 1. The van der Waals surface area contributed by atoms with Crippen LogP contribution in [0.25, 0.3) is 0 Å². The fourth-order valence-electron chi connectivity index (χ4n) is 3.11. The van der Waals surface area contributed by atoms with Gasteiger partial charge in [0.05, 0.1) is 28.5 Å². The molecule has 0 spiro atoms. The molecule has 0 saturated heterocycles. The first-order chi connectivity index (χ1) is 17.4. The van der Waals surface area contributed by atoms with Crippen molar-refractivity contribution in [1.29, 1.82) is 5.26 Å². The van der Waals surface area contributed by atoms with Gasteiger partial charge in [0.15, 0.2) is 11.5 Å². The molecule has 184 valence electrons. The maximum Gasteiger partial charge on any atom is 0.240 e. The molecule has 3 rings (SSSR count). The van der Waals surface area contributed by atoms with Crippen LogP contribution >= 0.6 is 34.2 Å². The summed E-state index contributed by atoms with van der Waals surface area (Å²) in [6.07, 6.45) is 1.45. The third kappa shape index (κ3) is 7.96. The van der Waals surface area contributed by atoms with Gasteiger partial charge in [-0.2, -0.15) is 10.4 Å². The number of ether oxygens (including phenoxy) is 2. The van der Waals surface area contributed by atoms with Crippen LogP contribution in [0.1, 0.15) is 29.5 Å². The van der Waals surface area contributed by atoms with Crippen molar-refractivity contribution in [3.05, 3.63) is 85.9 Å². The predicted molar refractivity (Wildman–Crippen MR) is 146 cm³/mol. The van der Waals surface area contributed by atoms with Gasteiger partial charge in [0.2, 0.25) is 11.8 Å². The summed E-state index contributed by atoms with van der Waals surface area (Å²) in [4.78, 5) is 24.1. The predicted octanol–water partition coefficient (Wildman–Crippen LogP) is 5.27. The number of nitrogens with zero attached hydrogens (tertiary/aromatic N) is 2. The van der Waals surface area contributed by atoms with Crippen LogP contribution in [0, 0.1) is 14.9 Å². The quantitative estimate of drug-likeness (QED) is 0.183. The second-order valence-corrected chi connectivity index (χ2v) is 9.04. The summed E-state index contributed by atoms with van der Waals surface area (Å²) >= 11 is 8.02. The molecule has 0 fully saturated rings. The summed E-state index contributed by atoms with van der Waals surface area (Å²) in [6.45, 7) is 0.213. The van der Waals surface area contributed by atoms with E-state index in [1.54, 1.807) is 42.5 Å². The Balaban J connectivity index is 1.54. The largest absolute Gasteiger partial charge is 0.493 e. The summed E-state index contributed by atoms with van der Waals surface area (Å²) in [6, 6.07) is 19.7. The highest BCUT2D eigenvalue weighted by molar-refractivity contribution is 14.1. The number of carbonyl (C=O) groups excluding carboxylic acids is 2. The minimum absolute atomic E-state index is 0.000549. The van der Waals surface area contributed by atoms with E-state index < -0.39 is 5.91 Å². The van der Waals surface area contributed by atoms with E-state index in [0.717, 1.165) is 9.13 Å². The van der Waals surface area contributed by atoms with Gasteiger partial charge in [0.25, 0.3) is 0 Å². The number of carbonyl (C=O) groups is 2. The standard InChI is InChI=1S/C26H22ClIN4O4/c1-35-23-12-17(11-22(28)26(23)36-16-19-6-3-2-5-18(19)14-29)15-30-32-25(34)10-9-24(33)31-21-8-4-7-20(27)13-21/h2-8,11-13,15H,9-10,16H2,1H3,(H,31,33)(H,32,34). The Kier molecular flexibility index (Phi) is 10.1. The molecule has 2 amide bonds. The van der Waals surface area contributed by atoms with E-state index in [1.165, 1.54) is 13.3 Å². The Morgan fingerprint density at radius 1 is 1.11 bits per heavy atom. The van der Waals surface area contributed by atoms with Crippen LogP contribution < -0.4 is 20.2 Å². The van der Waals surface area contributed by atoms with Crippen LogP contribution in [0.2, 0.25) is 5.02 Å². The van der Waals surface area contributed by atoms with Gasteiger partial charge in [-0.05, 0) is 64.6 Å². The number of rotatable bonds is 10. The first-order valence-corrected chi connectivity index (χ1v) is 12.2. The number of hydrogen-bond acceptors (Lipinski definition) is 6. The van der Waals surface area contributed by atoms with Crippen molar-refractivity contribution in [2.45, 2.75) is 19.4 Å². The topological polar surface area (TPSA) is 113 Å². The lowest BCUT2D eigenvalue weighted by Gasteiger charge is -2.14. The summed E-state index contributed by atoms with van der Waals surface area (Å²) in [5.41, 5.74) is 4.98. The third-order valence-electron chi connectivity index (χ3n) is 4.85. The molecule has 0 bridgehead atoms. The second-order valence-electron chi connectivity index (χ2n) is 7.44. The van der Waals surface area contributed by atoms with E-state index in [9.17, 15) is 14.9 Å². The van der Waals surface area contributed by atoms with Gasteiger partial charge in [-0.15, -0.1) is 0 Å². The molecule has 0 heterocycles. The van der Waals surface area contributed by atoms with Crippen molar-refractivity contribution in [2.75, 3.05) is 12.4 Å². The van der Waals surface area contributed by atoms with E-state index in [2.05, 4.69) is 44.5 Å². The SMILES string of the molecule is COc1cc(C=NNC(=O)CCC(=O)Nc2cccc(Cl)c2)cc(I)c1OCc1ccccc1C#N. The maximum atomic E-state index is 12.1. The summed E-state index contributed by atoms with van der Waals surface area (Å²) in [5.74, 6) is 0.327. The highest BCUT2D eigenvalue weighted by Crippen LogP contribution is 2.34. The molecular formula is C26H22ClIN4O4. The van der Waals surface area contributed by atoms with E-state index in [-0.39, 0.29) is 25.4 Å². The molecule has 0 aromatic heterocycles. The second kappa shape index (κ2) is 13.5.